The molecular weight excluding hydrogens is 363 g/mol. The van der Waals surface area contributed by atoms with Crippen molar-refractivity contribution in [2.24, 2.45) is 11.3 Å². The van der Waals surface area contributed by atoms with Crippen LogP contribution in [0.15, 0.2) is 48.5 Å². The minimum Gasteiger partial charge on any atom is -0.329 e. The van der Waals surface area contributed by atoms with Crippen molar-refractivity contribution in [2.75, 3.05) is 12.4 Å². The average Bonchev–Trinajstić information content (AvgIpc) is 2.54. The van der Waals surface area contributed by atoms with Crippen molar-refractivity contribution in [1.29, 1.82) is 0 Å². The van der Waals surface area contributed by atoms with E-state index in [0.717, 1.165) is 30.8 Å². The van der Waals surface area contributed by atoms with Crippen LogP contribution in [0.1, 0.15) is 31.7 Å². The summed E-state index contributed by atoms with van der Waals surface area (Å²) < 4.78 is 13.0. The lowest BCUT2D eigenvalue weighted by atomic mass is 9.35. The molecule has 2 aromatic carbocycles. The number of hydrogen-bond acceptors (Lipinski definition) is 1. The molecule has 5 rings (SSSR count). The number of rotatable bonds is 6. The maximum absolute atomic E-state index is 13.0. The molecule has 1 unspecified atom stereocenters. The van der Waals surface area contributed by atoms with Gasteiger partial charge >= 0.3 is 0 Å². The summed E-state index contributed by atoms with van der Waals surface area (Å²) in [6, 6.07) is 14.0. The molecule has 0 heterocycles. The topological polar surface area (TPSA) is 33.5 Å². The maximum atomic E-state index is 13.0. The molecular formula is C22H25ClFN2O+. The highest BCUT2D eigenvalue weighted by molar-refractivity contribution is 6.30. The summed E-state index contributed by atoms with van der Waals surface area (Å²) in [5.74, 6) is -0.307. The van der Waals surface area contributed by atoms with Crippen molar-refractivity contribution in [2.45, 2.75) is 38.3 Å². The zero-order chi connectivity index (χ0) is 19.2. The number of halogens is 2. The normalized spacial score (nSPS) is 27.9. The van der Waals surface area contributed by atoms with Gasteiger partial charge in [-0.1, -0.05) is 30.7 Å². The van der Waals surface area contributed by atoms with Crippen LogP contribution < -0.4 is 10.2 Å². The summed E-state index contributed by atoms with van der Waals surface area (Å²) in [5.41, 5.74) is 2.33. The van der Waals surface area contributed by atoms with E-state index in [0.29, 0.717) is 11.2 Å². The minimum atomic E-state index is -0.298. The summed E-state index contributed by atoms with van der Waals surface area (Å²) >= 11 is 6.10. The van der Waals surface area contributed by atoms with Crippen LogP contribution in [0.5, 0.6) is 0 Å². The number of hydrogen-bond donors (Lipinski definition) is 2. The number of carbonyl (C=O) groups is 1. The number of benzene rings is 2. The first-order valence-electron chi connectivity index (χ1n) is 9.46. The van der Waals surface area contributed by atoms with Crippen molar-refractivity contribution in [3.8, 4) is 0 Å². The lowest BCUT2D eigenvalue weighted by Crippen LogP contribution is -3.22. The van der Waals surface area contributed by atoms with E-state index in [1.807, 2.05) is 25.1 Å². The number of quaternary nitrogens is 1. The first-order valence-corrected chi connectivity index (χ1v) is 9.84. The van der Waals surface area contributed by atoms with Crippen LogP contribution in [0.2, 0.25) is 5.02 Å². The average molecular weight is 388 g/mol. The number of nitrogens with one attached hydrogen (secondary N) is 2. The fourth-order valence-electron chi connectivity index (χ4n) is 4.98. The van der Waals surface area contributed by atoms with Gasteiger partial charge in [0.2, 0.25) is 5.91 Å². The van der Waals surface area contributed by atoms with E-state index in [1.54, 1.807) is 12.1 Å². The predicted molar refractivity (Wildman–Crippen MR) is 105 cm³/mol. The van der Waals surface area contributed by atoms with Crippen LogP contribution in [-0.2, 0) is 11.3 Å². The smallest absolute Gasteiger partial charge is 0.227 e. The van der Waals surface area contributed by atoms with E-state index in [4.69, 9.17) is 11.6 Å². The number of anilines is 1. The van der Waals surface area contributed by atoms with Gasteiger partial charge in [-0.3, -0.25) is 4.79 Å². The van der Waals surface area contributed by atoms with Gasteiger partial charge in [-0.2, -0.15) is 0 Å². The first kappa shape index (κ1) is 18.5. The molecule has 1 amide bonds. The highest BCUT2D eigenvalue weighted by atomic mass is 35.5. The number of amides is 1. The monoisotopic (exact) mass is 387 g/mol. The zero-order valence-corrected chi connectivity index (χ0v) is 16.4. The van der Waals surface area contributed by atoms with Gasteiger partial charge in [0, 0.05) is 41.5 Å². The van der Waals surface area contributed by atoms with Crippen molar-refractivity contribution in [3.63, 3.8) is 0 Å². The van der Waals surface area contributed by atoms with Crippen molar-refractivity contribution in [1.82, 2.24) is 0 Å². The third-order valence-corrected chi connectivity index (χ3v) is 6.99. The Bertz CT molecular complexity index is 847. The van der Waals surface area contributed by atoms with Crippen LogP contribution in [0.4, 0.5) is 10.1 Å². The van der Waals surface area contributed by atoms with E-state index in [2.05, 4.69) is 18.4 Å². The fraction of sp³-hybridized carbons (Fsp3) is 0.409. The molecule has 2 bridgehead atoms. The van der Waals surface area contributed by atoms with E-state index >= 15 is 0 Å². The lowest BCUT2D eigenvalue weighted by molar-refractivity contribution is -0.976. The lowest BCUT2D eigenvalue weighted by Gasteiger charge is -2.72. The Balaban J connectivity index is 1.34. The Kier molecular flexibility index (Phi) is 4.52. The highest BCUT2D eigenvalue weighted by Crippen LogP contribution is 2.69. The minimum absolute atomic E-state index is 0.0300. The number of carbonyl (C=O) groups excluding carboxylic acids is 1. The Morgan fingerprint density at radius 2 is 1.89 bits per heavy atom. The van der Waals surface area contributed by atoms with Gasteiger partial charge in [-0.15, -0.1) is 0 Å². The Labute approximate surface area is 164 Å². The maximum Gasteiger partial charge on any atom is 0.227 e. The van der Waals surface area contributed by atoms with Gasteiger partial charge in [-0.05, 0) is 41.8 Å². The van der Waals surface area contributed by atoms with Gasteiger partial charge in [-0.25, -0.2) is 4.39 Å². The van der Waals surface area contributed by atoms with Gasteiger partial charge in [0.15, 0.2) is 0 Å². The second-order valence-electron chi connectivity index (χ2n) is 8.48. The molecule has 3 aliphatic carbocycles. The van der Waals surface area contributed by atoms with E-state index in [9.17, 15) is 9.18 Å². The third kappa shape index (κ3) is 3.26. The molecule has 0 spiro atoms. The molecule has 0 radical (unpaired) electrons. The summed E-state index contributed by atoms with van der Waals surface area (Å²) in [6.07, 6.45) is 3.26. The van der Waals surface area contributed by atoms with Crippen LogP contribution in [0, 0.1) is 17.2 Å². The second-order valence-corrected chi connectivity index (χ2v) is 8.91. The van der Waals surface area contributed by atoms with Crippen LogP contribution >= 0.6 is 11.6 Å². The molecule has 0 aromatic heterocycles. The van der Waals surface area contributed by atoms with E-state index in [-0.39, 0.29) is 23.1 Å². The largest absolute Gasteiger partial charge is 0.329 e. The molecule has 3 nitrogen and oxygen atoms in total. The molecule has 2 atom stereocenters. The third-order valence-electron chi connectivity index (χ3n) is 6.76. The van der Waals surface area contributed by atoms with Crippen molar-refractivity contribution < 1.29 is 14.1 Å². The molecule has 0 saturated heterocycles. The van der Waals surface area contributed by atoms with Gasteiger partial charge in [0.1, 0.15) is 12.4 Å². The van der Waals surface area contributed by atoms with Gasteiger partial charge in [0.05, 0.1) is 12.6 Å². The molecule has 3 aliphatic rings. The summed E-state index contributed by atoms with van der Waals surface area (Å²) in [4.78, 5) is 14.1. The van der Waals surface area contributed by atoms with Crippen LogP contribution in [0.25, 0.3) is 0 Å². The molecule has 142 valence electrons. The van der Waals surface area contributed by atoms with Gasteiger partial charge in [0.25, 0.3) is 0 Å². The zero-order valence-electron chi connectivity index (χ0n) is 15.7. The summed E-state index contributed by atoms with van der Waals surface area (Å²) in [5, 5.41) is 3.71. The highest BCUT2D eigenvalue weighted by Gasteiger charge is 2.75. The molecule has 5 heteroatoms. The van der Waals surface area contributed by atoms with E-state index < -0.39 is 0 Å². The van der Waals surface area contributed by atoms with Crippen molar-refractivity contribution in [3.05, 3.63) is 64.9 Å². The Hall–Kier alpha value is -1.91. The Morgan fingerprint density at radius 1 is 1.22 bits per heavy atom. The standard InChI is InChI=1S/C22H24ClFN2O/c1-15(20(27)25-19-8-6-18(24)7-9-19)21-12-22(13-21,14-21)26(2)11-16-4-3-5-17(23)10-16/h3-10,15H,11-14H2,1-2H3,(H,25,27)/p+1/t15-,21?,22?/m1/s1. The first-order chi connectivity index (χ1) is 12.8. The van der Waals surface area contributed by atoms with E-state index in [1.165, 1.54) is 22.6 Å². The fourth-order valence-corrected chi connectivity index (χ4v) is 5.19. The summed E-state index contributed by atoms with van der Waals surface area (Å²) in [6.45, 7) is 2.97. The molecule has 2 aromatic rings. The molecule has 27 heavy (non-hydrogen) atoms. The molecule has 0 aliphatic heterocycles. The van der Waals surface area contributed by atoms with Gasteiger partial charge < -0.3 is 10.2 Å². The quantitative estimate of drug-likeness (QED) is 0.778. The molecule has 3 saturated carbocycles. The Morgan fingerprint density at radius 3 is 2.52 bits per heavy atom. The predicted octanol–water partition coefficient (Wildman–Crippen LogP) is 3.69. The molecule has 3 fully saturated rings. The van der Waals surface area contributed by atoms with Crippen LogP contribution in [-0.4, -0.2) is 18.5 Å². The van der Waals surface area contributed by atoms with Crippen molar-refractivity contribution >= 4 is 23.2 Å². The molecule has 2 N–H and O–H groups in total. The van der Waals surface area contributed by atoms with Crippen LogP contribution in [0.3, 0.4) is 0 Å². The summed E-state index contributed by atoms with van der Waals surface area (Å²) in [7, 11) is 2.24. The second kappa shape index (κ2) is 6.61. The SMILES string of the molecule is C[C@H](C(=O)Nc1ccc(F)cc1)C12CC([NH+](C)Cc3cccc(Cl)c3)(C1)C2.